The molecule has 0 heterocycles. The Labute approximate surface area is 150 Å². The van der Waals surface area contributed by atoms with Crippen molar-refractivity contribution < 1.29 is 19.4 Å². The average Bonchev–Trinajstić information content (AvgIpc) is 2.94. The standard InChI is InChI=1S/C21H30O4/c1-13(2)15-7-8-21(19(24)25-4)10-9-20(3)16(18(15)21)6-5-14(12-22)11-17(20)23/h5,12-13,16-17,23H,6-11H2,1-4H3/t16-,17+,20-,21+/m0/s1. The molecular formula is C21H30O4. The number of rotatable bonds is 3. The molecule has 1 fully saturated rings. The smallest absolute Gasteiger partial charge is 0.315 e. The van der Waals surface area contributed by atoms with Crippen LogP contribution in [-0.4, -0.2) is 30.6 Å². The summed E-state index contributed by atoms with van der Waals surface area (Å²) in [6, 6.07) is 0. The van der Waals surface area contributed by atoms with E-state index in [1.165, 1.54) is 18.3 Å². The van der Waals surface area contributed by atoms with Crippen molar-refractivity contribution >= 4 is 12.3 Å². The van der Waals surface area contributed by atoms with E-state index < -0.39 is 11.5 Å². The lowest BCUT2D eigenvalue weighted by Crippen LogP contribution is -2.50. The summed E-state index contributed by atoms with van der Waals surface area (Å²) in [6.07, 6.45) is 6.65. The van der Waals surface area contributed by atoms with Crippen LogP contribution in [0.1, 0.15) is 59.3 Å². The second-order valence-corrected chi connectivity index (χ2v) is 8.58. The Morgan fingerprint density at radius 2 is 2.08 bits per heavy atom. The molecule has 0 aliphatic heterocycles. The highest BCUT2D eigenvalue weighted by Crippen LogP contribution is 2.63. The van der Waals surface area contributed by atoms with Crippen LogP contribution in [0.25, 0.3) is 0 Å². The fraction of sp³-hybridized carbons (Fsp3) is 0.714. The van der Waals surface area contributed by atoms with Gasteiger partial charge in [-0.1, -0.05) is 32.4 Å². The van der Waals surface area contributed by atoms with Crippen LogP contribution < -0.4 is 0 Å². The van der Waals surface area contributed by atoms with Crippen LogP contribution in [0.4, 0.5) is 0 Å². The van der Waals surface area contributed by atoms with Crippen LogP contribution in [0.15, 0.2) is 22.8 Å². The van der Waals surface area contributed by atoms with Gasteiger partial charge in [0.25, 0.3) is 0 Å². The summed E-state index contributed by atoms with van der Waals surface area (Å²) in [6.45, 7) is 6.50. The number of aliphatic hydroxyl groups is 1. The Hall–Kier alpha value is -1.42. The van der Waals surface area contributed by atoms with Gasteiger partial charge in [-0.2, -0.15) is 0 Å². The molecule has 0 radical (unpaired) electrons. The predicted octanol–water partition coefficient (Wildman–Crippen LogP) is 3.59. The Kier molecular flexibility index (Phi) is 4.69. The second-order valence-electron chi connectivity index (χ2n) is 8.58. The summed E-state index contributed by atoms with van der Waals surface area (Å²) >= 11 is 0. The number of hydrogen-bond acceptors (Lipinski definition) is 4. The summed E-state index contributed by atoms with van der Waals surface area (Å²) in [5, 5.41) is 10.9. The zero-order chi connectivity index (χ0) is 18.4. The molecule has 3 aliphatic carbocycles. The first-order chi connectivity index (χ1) is 11.8. The first kappa shape index (κ1) is 18.4. The van der Waals surface area contributed by atoms with Gasteiger partial charge in [-0.25, -0.2) is 0 Å². The van der Waals surface area contributed by atoms with E-state index in [2.05, 4.69) is 20.8 Å². The molecule has 4 atom stereocenters. The van der Waals surface area contributed by atoms with E-state index in [1.807, 2.05) is 6.08 Å². The quantitative estimate of drug-likeness (QED) is 0.482. The van der Waals surface area contributed by atoms with E-state index in [1.54, 1.807) is 0 Å². The van der Waals surface area contributed by atoms with Crippen molar-refractivity contribution in [1.82, 2.24) is 0 Å². The second kappa shape index (κ2) is 6.39. The molecule has 1 N–H and O–H groups in total. The molecule has 1 saturated carbocycles. The predicted molar refractivity (Wildman–Crippen MR) is 95.8 cm³/mol. The molecule has 0 amide bonds. The third kappa shape index (κ3) is 2.61. The van der Waals surface area contributed by atoms with Gasteiger partial charge >= 0.3 is 5.97 Å². The van der Waals surface area contributed by atoms with Gasteiger partial charge in [0, 0.05) is 11.8 Å². The molecule has 0 spiro atoms. The van der Waals surface area contributed by atoms with Gasteiger partial charge in [-0.05, 0) is 55.1 Å². The van der Waals surface area contributed by atoms with Crippen molar-refractivity contribution in [3.63, 3.8) is 0 Å². The summed E-state index contributed by atoms with van der Waals surface area (Å²) in [4.78, 5) is 24.1. The Morgan fingerprint density at radius 3 is 2.68 bits per heavy atom. The van der Waals surface area contributed by atoms with Gasteiger partial charge in [0.2, 0.25) is 0 Å². The van der Waals surface area contributed by atoms with Crippen LogP contribution in [0.2, 0.25) is 0 Å². The number of allylic oxidation sites excluding steroid dienone is 2. The average molecular weight is 346 g/mol. The molecule has 0 unspecified atom stereocenters. The van der Waals surface area contributed by atoms with Crippen molar-refractivity contribution in [2.45, 2.75) is 65.4 Å². The SMILES string of the molecule is COC(=O)[C@@]12CCC(C(C)C)=C1[C@@H]1CC=C(C=O)C[C@@H](O)[C@@]1(C)CC2. The Morgan fingerprint density at radius 1 is 1.36 bits per heavy atom. The molecular weight excluding hydrogens is 316 g/mol. The molecule has 0 saturated heterocycles. The van der Waals surface area contributed by atoms with E-state index in [9.17, 15) is 14.7 Å². The zero-order valence-corrected chi connectivity index (χ0v) is 15.8. The van der Waals surface area contributed by atoms with Crippen LogP contribution >= 0.6 is 0 Å². The van der Waals surface area contributed by atoms with E-state index in [0.29, 0.717) is 24.3 Å². The maximum absolute atomic E-state index is 12.8. The third-order valence-electron chi connectivity index (χ3n) is 7.15. The first-order valence-electron chi connectivity index (χ1n) is 9.44. The molecule has 0 bridgehead atoms. The highest BCUT2D eigenvalue weighted by atomic mass is 16.5. The largest absolute Gasteiger partial charge is 0.468 e. The number of esters is 1. The van der Waals surface area contributed by atoms with Gasteiger partial charge < -0.3 is 9.84 Å². The molecule has 0 aromatic rings. The molecule has 0 aromatic heterocycles. The molecule has 3 rings (SSSR count). The maximum atomic E-state index is 12.8. The van der Waals surface area contributed by atoms with Crippen molar-refractivity contribution in [3.05, 3.63) is 22.8 Å². The Bertz CT molecular complexity index is 644. The summed E-state index contributed by atoms with van der Waals surface area (Å²) < 4.78 is 5.23. The Balaban J connectivity index is 2.16. The molecule has 3 aliphatic rings. The normalized spacial score (nSPS) is 37.9. The summed E-state index contributed by atoms with van der Waals surface area (Å²) in [5.41, 5.74) is 2.41. The van der Waals surface area contributed by atoms with Gasteiger partial charge in [0.1, 0.15) is 6.29 Å². The first-order valence-corrected chi connectivity index (χ1v) is 9.44. The van der Waals surface area contributed by atoms with Gasteiger partial charge in [-0.3, -0.25) is 9.59 Å². The van der Waals surface area contributed by atoms with E-state index in [4.69, 9.17) is 4.74 Å². The van der Waals surface area contributed by atoms with Crippen LogP contribution in [0.3, 0.4) is 0 Å². The lowest BCUT2D eigenvalue weighted by atomic mass is 9.53. The monoisotopic (exact) mass is 346 g/mol. The topological polar surface area (TPSA) is 63.6 Å². The number of aliphatic hydroxyl groups excluding tert-OH is 1. The zero-order valence-electron chi connectivity index (χ0n) is 15.8. The highest BCUT2D eigenvalue weighted by molar-refractivity contribution is 5.82. The van der Waals surface area contributed by atoms with Crippen LogP contribution in [0, 0.1) is 22.7 Å². The minimum atomic E-state index is -0.561. The van der Waals surface area contributed by atoms with Gasteiger partial charge in [0.05, 0.1) is 18.6 Å². The van der Waals surface area contributed by atoms with Crippen molar-refractivity contribution in [3.8, 4) is 0 Å². The lowest BCUT2D eigenvalue weighted by molar-refractivity contribution is -0.154. The number of carbonyl (C=O) groups is 2. The fourth-order valence-electron chi connectivity index (χ4n) is 5.53. The number of ether oxygens (including phenoxy) is 1. The van der Waals surface area contributed by atoms with Crippen LogP contribution in [0.5, 0.6) is 0 Å². The van der Waals surface area contributed by atoms with E-state index >= 15 is 0 Å². The number of fused-ring (bicyclic) bond motifs is 3. The third-order valence-corrected chi connectivity index (χ3v) is 7.15. The minimum absolute atomic E-state index is 0.0905. The lowest BCUT2D eigenvalue weighted by Gasteiger charge is -2.51. The molecule has 138 valence electrons. The number of carbonyl (C=O) groups excluding carboxylic acids is 2. The minimum Gasteiger partial charge on any atom is -0.468 e. The number of aldehydes is 1. The van der Waals surface area contributed by atoms with Crippen molar-refractivity contribution in [2.75, 3.05) is 7.11 Å². The summed E-state index contributed by atoms with van der Waals surface area (Å²) in [7, 11) is 1.47. The molecule has 4 nitrogen and oxygen atoms in total. The fourth-order valence-corrected chi connectivity index (χ4v) is 5.53. The highest BCUT2D eigenvalue weighted by Gasteiger charge is 2.59. The van der Waals surface area contributed by atoms with Gasteiger partial charge in [-0.15, -0.1) is 0 Å². The molecule has 0 aromatic carbocycles. The number of hydrogen-bond donors (Lipinski definition) is 1. The van der Waals surface area contributed by atoms with Gasteiger partial charge in [0.15, 0.2) is 0 Å². The number of methoxy groups -OCH3 is 1. The van der Waals surface area contributed by atoms with Crippen molar-refractivity contribution in [1.29, 1.82) is 0 Å². The van der Waals surface area contributed by atoms with E-state index in [0.717, 1.165) is 32.0 Å². The molecule has 25 heavy (non-hydrogen) atoms. The summed E-state index contributed by atoms with van der Waals surface area (Å²) in [5.74, 6) is 0.338. The van der Waals surface area contributed by atoms with Crippen molar-refractivity contribution in [2.24, 2.45) is 22.7 Å². The maximum Gasteiger partial charge on any atom is 0.315 e. The van der Waals surface area contributed by atoms with Crippen LogP contribution in [-0.2, 0) is 14.3 Å². The van der Waals surface area contributed by atoms with E-state index in [-0.39, 0.29) is 17.3 Å². The molecule has 4 heteroatoms.